The average molecular weight is 272 g/mol. The van der Waals surface area contributed by atoms with Gasteiger partial charge in [-0.05, 0) is 45.9 Å². The van der Waals surface area contributed by atoms with Crippen LogP contribution < -0.4 is 4.74 Å². The minimum Gasteiger partial charge on any atom is -0.479 e. The fraction of sp³-hybridized carbons (Fsp3) is 0.375. The summed E-state index contributed by atoms with van der Waals surface area (Å²) in [5, 5.41) is 9.57. The van der Waals surface area contributed by atoms with Crippen molar-refractivity contribution in [1.29, 1.82) is 0 Å². The summed E-state index contributed by atoms with van der Waals surface area (Å²) in [7, 11) is 0. The van der Waals surface area contributed by atoms with Crippen LogP contribution in [0.2, 0.25) is 0 Å². The second kappa shape index (κ2) is 4.46. The highest BCUT2D eigenvalue weighted by atomic mass is 16.5. The first-order valence-corrected chi connectivity index (χ1v) is 6.28. The highest BCUT2D eigenvalue weighted by Crippen LogP contribution is 2.31. The maximum Gasteiger partial charge on any atom is 0.246 e. The number of Topliss-reactive ketones (excluding diaryl/α,β-unsaturated/α-hetero) is 2. The van der Waals surface area contributed by atoms with E-state index in [0.29, 0.717) is 11.3 Å². The molecule has 1 aliphatic rings. The van der Waals surface area contributed by atoms with E-state index in [1.807, 2.05) is 0 Å². The van der Waals surface area contributed by atoms with Crippen molar-refractivity contribution in [3.63, 3.8) is 0 Å². The van der Waals surface area contributed by atoms with E-state index in [4.69, 9.17) is 4.74 Å². The van der Waals surface area contributed by atoms with Crippen molar-refractivity contribution in [2.24, 2.45) is 0 Å². The fourth-order valence-corrected chi connectivity index (χ4v) is 1.81. The Morgan fingerprint density at radius 3 is 2.50 bits per heavy atom. The van der Waals surface area contributed by atoms with Crippen LogP contribution in [-0.4, -0.2) is 27.9 Å². The number of hydrogen-bond acceptors (Lipinski definition) is 4. The quantitative estimate of drug-likeness (QED) is 0.577. The Labute approximate surface area is 117 Å². The lowest BCUT2D eigenvalue weighted by Crippen LogP contribution is -2.46. The van der Waals surface area contributed by atoms with E-state index in [0.717, 1.165) is 0 Å². The summed E-state index contributed by atoms with van der Waals surface area (Å²) < 4.78 is 5.57. The van der Waals surface area contributed by atoms with E-state index in [1.165, 1.54) is 6.07 Å². The fourth-order valence-electron chi connectivity index (χ4n) is 1.81. The summed E-state index contributed by atoms with van der Waals surface area (Å²) in [4.78, 5) is 23.8. The van der Waals surface area contributed by atoms with Crippen LogP contribution in [0, 0.1) is 11.8 Å². The summed E-state index contributed by atoms with van der Waals surface area (Å²) >= 11 is 0. The normalized spacial score (nSPS) is 16.9. The molecule has 0 radical (unpaired) electrons. The van der Waals surface area contributed by atoms with Gasteiger partial charge in [-0.15, -0.1) is 0 Å². The van der Waals surface area contributed by atoms with Crippen molar-refractivity contribution >= 4 is 11.6 Å². The molecule has 1 N–H and O–H groups in total. The molecule has 1 aromatic carbocycles. The molecule has 104 valence electrons. The van der Waals surface area contributed by atoms with Crippen molar-refractivity contribution in [2.45, 2.75) is 38.9 Å². The standard InChI is InChI=1S/C16H16O4/c1-15(2,19)8-7-10-5-6-11-12(9-10)20-16(3,4)14(18)13(11)17/h5-6,9,19H,1-4H3. The Morgan fingerprint density at radius 2 is 1.90 bits per heavy atom. The van der Waals surface area contributed by atoms with Gasteiger partial charge in [0.2, 0.25) is 11.6 Å². The third kappa shape index (κ3) is 2.73. The zero-order valence-electron chi connectivity index (χ0n) is 11.9. The molecule has 0 amide bonds. The first-order valence-electron chi connectivity index (χ1n) is 6.28. The van der Waals surface area contributed by atoms with Gasteiger partial charge in [-0.1, -0.05) is 11.8 Å². The maximum absolute atomic E-state index is 12.0. The molecule has 0 saturated carbocycles. The molecular weight excluding hydrogens is 256 g/mol. The number of fused-ring (bicyclic) bond motifs is 1. The SMILES string of the molecule is CC(C)(O)C#Cc1ccc2c(c1)OC(C)(C)C(=O)C2=O. The van der Waals surface area contributed by atoms with Gasteiger partial charge in [0.25, 0.3) is 0 Å². The maximum atomic E-state index is 12.0. The molecule has 1 aromatic rings. The van der Waals surface area contributed by atoms with Crippen molar-refractivity contribution in [1.82, 2.24) is 0 Å². The Hall–Kier alpha value is -2.12. The molecule has 0 bridgehead atoms. The van der Waals surface area contributed by atoms with Gasteiger partial charge in [0.05, 0.1) is 5.56 Å². The molecule has 4 heteroatoms. The molecule has 20 heavy (non-hydrogen) atoms. The van der Waals surface area contributed by atoms with Gasteiger partial charge < -0.3 is 9.84 Å². The highest BCUT2D eigenvalue weighted by Gasteiger charge is 2.41. The number of aliphatic hydroxyl groups is 1. The molecule has 1 heterocycles. The van der Waals surface area contributed by atoms with E-state index < -0.39 is 22.8 Å². The second-order valence-corrected chi connectivity index (χ2v) is 5.79. The van der Waals surface area contributed by atoms with Gasteiger partial charge in [0.1, 0.15) is 11.4 Å². The molecule has 0 aliphatic carbocycles. The zero-order valence-corrected chi connectivity index (χ0v) is 11.9. The molecule has 0 atom stereocenters. The van der Waals surface area contributed by atoms with Gasteiger partial charge in [0.15, 0.2) is 5.60 Å². The van der Waals surface area contributed by atoms with Gasteiger partial charge in [-0.3, -0.25) is 9.59 Å². The van der Waals surface area contributed by atoms with Crippen LogP contribution in [0.4, 0.5) is 0 Å². The average Bonchev–Trinajstić information content (AvgIpc) is 2.32. The van der Waals surface area contributed by atoms with Crippen LogP contribution in [-0.2, 0) is 4.79 Å². The van der Waals surface area contributed by atoms with Crippen LogP contribution in [0.25, 0.3) is 0 Å². The molecule has 0 spiro atoms. The Kier molecular flexibility index (Phi) is 3.19. The van der Waals surface area contributed by atoms with Crippen molar-refractivity contribution in [3.8, 4) is 17.6 Å². The lowest BCUT2D eigenvalue weighted by atomic mass is 9.91. The number of hydrogen-bond donors (Lipinski definition) is 1. The number of carbonyl (C=O) groups is 2. The molecule has 0 saturated heterocycles. The first kappa shape index (κ1) is 14.3. The van der Waals surface area contributed by atoms with Crippen LogP contribution in [0.3, 0.4) is 0 Å². The summed E-state index contributed by atoms with van der Waals surface area (Å²) in [5.74, 6) is 4.75. The van der Waals surface area contributed by atoms with E-state index in [9.17, 15) is 14.7 Å². The van der Waals surface area contributed by atoms with E-state index in [-0.39, 0.29) is 5.56 Å². The topological polar surface area (TPSA) is 63.6 Å². The molecule has 0 aromatic heterocycles. The smallest absolute Gasteiger partial charge is 0.246 e. The monoisotopic (exact) mass is 272 g/mol. The summed E-state index contributed by atoms with van der Waals surface area (Å²) in [5.41, 5.74) is -1.39. The van der Waals surface area contributed by atoms with E-state index in [1.54, 1.807) is 39.8 Å². The Morgan fingerprint density at radius 1 is 1.25 bits per heavy atom. The van der Waals surface area contributed by atoms with Gasteiger partial charge in [-0.2, -0.15) is 0 Å². The van der Waals surface area contributed by atoms with Gasteiger partial charge in [-0.25, -0.2) is 0 Å². The molecule has 4 nitrogen and oxygen atoms in total. The Balaban J connectivity index is 2.45. The summed E-state index contributed by atoms with van der Waals surface area (Å²) in [6.45, 7) is 6.29. The van der Waals surface area contributed by atoms with Gasteiger partial charge in [0, 0.05) is 5.56 Å². The number of carbonyl (C=O) groups excluding carboxylic acids is 2. The highest BCUT2D eigenvalue weighted by molar-refractivity contribution is 6.47. The lowest BCUT2D eigenvalue weighted by molar-refractivity contribution is -0.128. The van der Waals surface area contributed by atoms with E-state index >= 15 is 0 Å². The van der Waals surface area contributed by atoms with Crippen LogP contribution >= 0.6 is 0 Å². The molecular formula is C16H16O4. The minimum absolute atomic E-state index is 0.253. The number of ether oxygens (including phenoxy) is 1. The third-order valence-electron chi connectivity index (χ3n) is 2.86. The summed E-state index contributed by atoms with van der Waals surface area (Å²) in [6.07, 6.45) is 0. The van der Waals surface area contributed by atoms with Crippen molar-refractivity contribution < 1.29 is 19.4 Å². The van der Waals surface area contributed by atoms with Crippen LogP contribution in [0.1, 0.15) is 43.6 Å². The summed E-state index contributed by atoms with van der Waals surface area (Å²) in [6, 6.07) is 4.77. The van der Waals surface area contributed by atoms with Crippen LogP contribution in [0.15, 0.2) is 18.2 Å². The predicted octanol–water partition coefficient (Wildman–Crippen LogP) is 1.73. The molecule has 2 rings (SSSR count). The predicted molar refractivity (Wildman–Crippen MR) is 73.7 cm³/mol. The second-order valence-electron chi connectivity index (χ2n) is 5.79. The van der Waals surface area contributed by atoms with Gasteiger partial charge >= 0.3 is 0 Å². The Bertz CT molecular complexity index is 651. The first-order chi connectivity index (χ1) is 9.10. The third-order valence-corrected chi connectivity index (χ3v) is 2.86. The number of rotatable bonds is 0. The van der Waals surface area contributed by atoms with E-state index in [2.05, 4.69) is 11.8 Å². The van der Waals surface area contributed by atoms with Crippen molar-refractivity contribution in [2.75, 3.05) is 0 Å². The lowest BCUT2D eigenvalue weighted by Gasteiger charge is -2.29. The minimum atomic E-state index is -1.16. The molecule has 0 unspecified atom stereocenters. The number of ketones is 2. The van der Waals surface area contributed by atoms with Crippen molar-refractivity contribution in [3.05, 3.63) is 29.3 Å². The number of benzene rings is 1. The largest absolute Gasteiger partial charge is 0.479 e. The molecule has 0 fully saturated rings. The molecule has 1 aliphatic heterocycles. The van der Waals surface area contributed by atoms with Crippen LogP contribution in [0.5, 0.6) is 5.75 Å². The zero-order chi connectivity index (χ0) is 15.1.